The molecule has 1 aromatic carbocycles. The Morgan fingerprint density at radius 1 is 1.21 bits per heavy atom. The van der Waals surface area contributed by atoms with E-state index in [0.29, 0.717) is 11.3 Å². The van der Waals surface area contributed by atoms with Crippen LogP contribution in [0.25, 0.3) is 22.3 Å². The molecular weight excluding hydrogens is 392 g/mol. The molecule has 0 saturated heterocycles. The molecule has 0 aliphatic rings. The van der Waals surface area contributed by atoms with Crippen molar-refractivity contribution in [3.63, 3.8) is 0 Å². The number of para-hydroxylation sites is 1. The van der Waals surface area contributed by atoms with E-state index in [-0.39, 0.29) is 0 Å². The molecule has 2 heterocycles. The van der Waals surface area contributed by atoms with Crippen molar-refractivity contribution in [2.75, 3.05) is 0 Å². The summed E-state index contributed by atoms with van der Waals surface area (Å²) in [7, 11) is 0. The van der Waals surface area contributed by atoms with Crippen molar-refractivity contribution >= 4 is 35.3 Å². The number of ether oxygens (including phenoxy) is 1. The van der Waals surface area contributed by atoms with Crippen molar-refractivity contribution < 1.29 is 19.1 Å². The minimum Gasteiger partial charge on any atom is -0.449 e. The standard InChI is InChI=1S/C20H18N4O4S/c1-13(19(26)22-20(21)27)28-17(25)10-9-14-12-24(15-6-3-2-4-7-15)23-18(14)16-8-5-11-29-16/h2-13H,1H3,(H3,21,22,26,27)/b10-9+/t13-/m0/s1. The molecule has 1 atom stereocenters. The molecule has 3 aromatic rings. The van der Waals surface area contributed by atoms with Crippen LogP contribution in [0.5, 0.6) is 0 Å². The smallest absolute Gasteiger partial charge is 0.331 e. The van der Waals surface area contributed by atoms with Gasteiger partial charge in [0.2, 0.25) is 0 Å². The number of thiophene rings is 1. The number of hydrogen-bond acceptors (Lipinski definition) is 6. The predicted octanol–water partition coefficient (Wildman–Crippen LogP) is 2.74. The van der Waals surface area contributed by atoms with Gasteiger partial charge in [-0.15, -0.1) is 11.3 Å². The van der Waals surface area contributed by atoms with Gasteiger partial charge in [-0.05, 0) is 36.6 Å². The average Bonchev–Trinajstić information content (AvgIpc) is 3.36. The highest BCUT2D eigenvalue weighted by Gasteiger charge is 2.18. The van der Waals surface area contributed by atoms with E-state index < -0.39 is 24.0 Å². The number of carbonyl (C=O) groups is 3. The van der Waals surface area contributed by atoms with E-state index in [1.807, 2.05) is 53.2 Å². The molecule has 8 nitrogen and oxygen atoms in total. The van der Waals surface area contributed by atoms with Crippen molar-refractivity contribution in [2.45, 2.75) is 13.0 Å². The Balaban J connectivity index is 1.80. The molecule has 0 aliphatic carbocycles. The highest BCUT2D eigenvalue weighted by atomic mass is 32.1. The fraction of sp³-hybridized carbons (Fsp3) is 0.100. The quantitative estimate of drug-likeness (QED) is 0.479. The van der Waals surface area contributed by atoms with Gasteiger partial charge in [-0.1, -0.05) is 24.3 Å². The molecule has 0 spiro atoms. The number of esters is 1. The topological polar surface area (TPSA) is 116 Å². The molecule has 0 saturated carbocycles. The van der Waals surface area contributed by atoms with E-state index in [4.69, 9.17) is 10.5 Å². The van der Waals surface area contributed by atoms with Gasteiger partial charge >= 0.3 is 12.0 Å². The van der Waals surface area contributed by atoms with Crippen LogP contribution in [-0.2, 0) is 14.3 Å². The zero-order chi connectivity index (χ0) is 20.8. The lowest BCUT2D eigenvalue weighted by Gasteiger charge is -2.09. The molecule has 148 valence electrons. The van der Waals surface area contributed by atoms with Crippen molar-refractivity contribution in [1.82, 2.24) is 15.1 Å². The largest absolute Gasteiger partial charge is 0.449 e. The van der Waals surface area contributed by atoms with Gasteiger partial charge in [0.15, 0.2) is 6.10 Å². The van der Waals surface area contributed by atoms with Gasteiger partial charge in [0, 0.05) is 17.8 Å². The highest BCUT2D eigenvalue weighted by Crippen LogP contribution is 2.28. The normalized spacial score (nSPS) is 11.9. The average molecular weight is 410 g/mol. The number of primary amides is 1. The molecule has 0 radical (unpaired) electrons. The van der Waals surface area contributed by atoms with Crippen molar-refractivity contribution in [1.29, 1.82) is 0 Å². The number of nitrogens with one attached hydrogen (secondary N) is 1. The second-order valence-corrected chi connectivity index (χ2v) is 6.90. The third-order valence-electron chi connectivity index (χ3n) is 3.83. The number of nitrogens with two attached hydrogens (primary N) is 1. The summed E-state index contributed by atoms with van der Waals surface area (Å²) in [5.41, 5.74) is 7.18. The van der Waals surface area contributed by atoms with Crippen molar-refractivity contribution in [3.05, 3.63) is 65.7 Å². The zero-order valence-corrected chi connectivity index (χ0v) is 16.3. The maximum absolute atomic E-state index is 12.1. The van der Waals surface area contributed by atoms with Crippen LogP contribution >= 0.6 is 11.3 Å². The number of urea groups is 1. The lowest BCUT2D eigenvalue weighted by molar-refractivity contribution is -0.149. The van der Waals surface area contributed by atoms with Gasteiger partial charge in [0.25, 0.3) is 5.91 Å². The first-order chi connectivity index (χ1) is 13.9. The van der Waals surface area contributed by atoms with Crippen LogP contribution < -0.4 is 11.1 Å². The lowest BCUT2D eigenvalue weighted by Crippen LogP contribution is -2.42. The van der Waals surface area contributed by atoms with Gasteiger partial charge in [-0.2, -0.15) is 5.10 Å². The first kappa shape index (κ1) is 20.0. The molecule has 0 bridgehead atoms. The van der Waals surface area contributed by atoms with Crippen LogP contribution in [0.15, 0.2) is 60.1 Å². The second-order valence-electron chi connectivity index (χ2n) is 5.96. The summed E-state index contributed by atoms with van der Waals surface area (Å²) in [6, 6.07) is 12.4. The molecule has 0 aliphatic heterocycles. The fourth-order valence-electron chi connectivity index (χ4n) is 2.47. The van der Waals surface area contributed by atoms with Gasteiger partial charge in [-0.3, -0.25) is 10.1 Å². The van der Waals surface area contributed by atoms with Crippen LogP contribution in [0.4, 0.5) is 4.79 Å². The summed E-state index contributed by atoms with van der Waals surface area (Å²) in [6.07, 6.45) is 3.42. The summed E-state index contributed by atoms with van der Waals surface area (Å²) < 4.78 is 6.71. The minimum absolute atomic E-state index is 0.711. The van der Waals surface area contributed by atoms with Gasteiger partial charge in [-0.25, -0.2) is 14.3 Å². The molecule has 3 N–H and O–H groups in total. The first-order valence-electron chi connectivity index (χ1n) is 8.62. The molecular formula is C20H18N4O4S. The number of imide groups is 1. The van der Waals surface area contributed by atoms with Gasteiger partial charge in [0.1, 0.15) is 5.69 Å². The molecule has 0 fully saturated rings. The summed E-state index contributed by atoms with van der Waals surface area (Å²) in [5, 5.41) is 8.43. The zero-order valence-electron chi connectivity index (χ0n) is 15.4. The lowest BCUT2D eigenvalue weighted by atomic mass is 10.2. The predicted molar refractivity (Wildman–Crippen MR) is 109 cm³/mol. The fourth-order valence-corrected chi connectivity index (χ4v) is 3.21. The summed E-state index contributed by atoms with van der Waals surface area (Å²) >= 11 is 1.53. The monoisotopic (exact) mass is 410 g/mol. The van der Waals surface area contributed by atoms with Crippen LogP contribution in [0.2, 0.25) is 0 Å². The summed E-state index contributed by atoms with van der Waals surface area (Å²) in [4.78, 5) is 35.3. The van der Waals surface area contributed by atoms with Crippen molar-refractivity contribution in [3.8, 4) is 16.3 Å². The van der Waals surface area contributed by atoms with Gasteiger partial charge in [0.05, 0.1) is 10.6 Å². The van der Waals surface area contributed by atoms with Crippen molar-refractivity contribution in [2.24, 2.45) is 5.73 Å². The Bertz CT molecular complexity index is 1040. The number of hydrogen-bond donors (Lipinski definition) is 2. The van der Waals surface area contributed by atoms with Crippen LogP contribution in [0.3, 0.4) is 0 Å². The highest BCUT2D eigenvalue weighted by molar-refractivity contribution is 7.13. The van der Waals surface area contributed by atoms with Crippen LogP contribution in [-0.4, -0.2) is 33.8 Å². The number of amides is 3. The number of benzene rings is 1. The molecule has 0 unspecified atom stereocenters. The SMILES string of the molecule is C[C@H](OC(=O)/C=C/c1cn(-c2ccccc2)nc1-c1cccs1)C(=O)NC(N)=O. The molecule has 9 heteroatoms. The number of carbonyl (C=O) groups excluding carboxylic acids is 3. The molecule has 3 amide bonds. The van der Waals surface area contributed by atoms with E-state index >= 15 is 0 Å². The third kappa shape index (κ3) is 5.17. The number of nitrogens with zero attached hydrogens (tertiary/aromatic N) is 2. The summed E-state index contributed by atoms with van der Waals surface area (Å²) in [6.45, 7) is 1.34. The Kier molecular flexibility index (Phi) is 6.20. The second kappa shape index (κ2) is 8.98. The summed E-state index contributed by atoms with van der Waals surface area (Å²) in [5.74, 6) is -1.53. The maximum atomic E-state index is 12.1. The van der Waals surface area contributed by atoms with E-state index in [0.717, 1.165) is 10.6 Å². The van der Waals surface area contributed by atoms with E-state index in [1.165, 1.54) is 24.3 Å². The Hall–Kier alpha value is -3.72. The first-order valence-corrected chi connectivity index (χ1v) is 9.50. The van der Waals surface area contributed by atoms with E-state index in [2.05, 4.69) is 5.10 Å². The Morgan fingerprint density at radius 3 is 2.62 bits per heavy atom. The third-order valence-corrected chi connectivity index (χ3v) is 4.70. The Morgan fingerprint density at radius 2 is 1.97 bits per heavy atom. The Labute approximate surface area is 170 Å². The van der Waals surface area contributed by atoms with Gasteiger partial charge < -0.3 is 10.5 Å². The molecule has 29 heavy (non-hydrogen) atoms. The van der Waals surface area contributed by atoms with Crippen LogP contribution in [0, 0.1) is 0 Å². The van der Waals surface area contributed by atoms with E-state index in [1.54, 1.807) is 17.0 Å². The number of aromatic nitrogens is 2. The molecule has 2 aromatic heterocycles. The maximum Gasteiger partial charge on any atom is 0.331 e. The number of rotatable bonds is 6. The minimum atomic E-state index is -1.16. The van der Waals surface area contributed by atoms with Crippen LogP contribution in [0.1, 0.15) is 12.5 Å². The molecule has 3 rings (SSSR count). The van der Waals surface area contributed by atoms with E-state index in [9.17, 15) is 14.4 Å².